The second-order valence-corrected chi connectivity index (χ2v) is 7.20. The zero-order valence-electron chi connectivity index (χ0n) is 17.3. The number of guanidine groups is 1. The number of ether oxygens (including phenoxy) is 2. The van der Waals surface area contributed by atoms with Crippen LogP contribution in [0.15, 0.2) is 35.3 Å². The van der Waals surface area contributed by atoms with E-state index in [1.54, 1.807) is 7.11 Å². The Morgan fingerprint density at radius 1 is 1.19 bits per heavy atom. The van der Waals surface area contributed by atoms with Gasteiger partial charge in [0.25, 0.3) is 0 Å². The Hall–Kier alpha value is -1.63. The van der Waals surface area contributed by atoms with Crippen LogP contribution in [0, 0.1) is 5.92 Å². The average Bonchev–Trinajstić information content (AvgIpc) is 2.70. The van der Waals surface area contributed by atoms with Crippen LogP contribution in [0.2, 0.25) is 0 Å². The van der Waals surface area contributed by atoms with Gasteiger partial charge in [-0.05, 0) is 18.4 Å². The standard InChI is InChI=1S/C21H36N4O2/c1-5-22-21(24-16-20(26-4)18-9-7-6-8-10-18)23-15-19(17(2)3)25-11-13-27-14-12-25/h6-10,17,19-20H,5,11-16H2,1-4H3,(H2,22,23,24). The molecule has 1 heterocycles. The van der Waals surface area contributed by atoms with Crippen molar-refractivity contribution < 1.29 is 9.47 Å². The molecule has 27 heavy (non-hydrogen) atoms. The molecular formula is C21H36N4O2. The van der Waals surface area contributed by atoms with Crippen LogP contribution in [0.4, 0.5) is 0 Å². The molecule has 0 amide bonds. The van der Waals surface area contributed by atoms with Crippen LogP contribution in [-0.4, -0.2) is 69.9 Å². The van der Waals surface area contributed by atoms with Crippen molar-refractivity contribution in [1.82, 2.24) is 15.5 Å². The number of methoxy groups -OCH3 is 1. The highest BCUT2D eigenvalue weighted by Gasteiger charge is 2.23. The number of aliphatic imine (C=N–C) groups is 1. The first-order valence-corrected chi connectivity index (χ1v) is 10.1. The topological polar surface area (TPSA) is 58.1 Å². The normalized spacial score (nSPS) is 18.3. The van der Waals surface area contributed by atoms with Gasteiger partial charge in [0.2, 0.25) is 0 Å². The van der Waals surface area contributed by atoms with E-state index in [1.807, 2.05) is 18.2 Å². The molecule has 152 valence electrons. The van der Waals surface area contributed by atoms with Crippen molar-refractivity contribution >= 4 is 5.96 Å². The predicted octanol–water partition coefficient (Wildman–Crippen LogP) is 2.29. The first kappa shape index (κ1) is 21.7. The van der Waals surface area contributed by atoms with Crippen molar-refractivity contribution in [2.24, 2.45) is 10.9 Å². The van der Waals surface area contributed by atoms with Crippen LogP contribution in [0.3, 0.4) is 0 Å². The summed E-state index contributed by atoms with van der Waals surface area (Å²) in [5.41, 5.74) is 1.16. The largest absolute Gasteiger partial charge is 0.379 e. The molecule has 2 N–H and O–H groups in total. The highest BCUT2D eigenvalue weighted by atomic mass is 16.5. The van der Waals surface area contributed by atoms with Crippen molar-refractivity contribution in [2.45, 2.75) is 32.9 Å². The number of morpholine rings is 1. The van der Waals surface area contributed by atoms with Crippen molar-refractivity contribution in [3.63, 3.8) is 0 Å². The Morgan fingerprint density at radius 2 is 1.89 bits per heavy atom. The van der Waals surface area contributed by atoms with Crippen molar-refractivity contribution in [3.05, 3.63) is 35.9 Å². The second-order valence-electron chi connectivity index (χ2n) is 7.20. The fraction of sp³-hybridized carbons (Fsp3) is 0.667. The van der Waals surface area contributed by atoms with Crippen molar-refractivity contribution in [2.75, 3.05) is 53.0 Å². The maximum absolute atomic E-state index is 5.66. The van der Waals surface area contributed by atoms with E-state index in [2.05, 4.69) is 48.4 Å². The lowest BCUT2D eigenvalue weighted by Gasteiger charge is -2.36. The molecule has 0 aliphatic carbocycles. The first-order chi connectivity index (χ1) is 13.2. The molecule has 0 saturated carbocycles. The van der Waals surface area contributed by atoms with Crippen LogP contribution in [0.5, 0.6) is 0 Å². The predicted molar refractivity (Wildman–Crippen MR) is 111 cm³/mol. The molecule has 1 aromatic carbocycles. The quantitative estimate of drug-likeness (QED) is 0.512. The summed E-state index contributed by atoms with van der Waals surface area (Å²) in [5.74, 6) is 1.39. The molecule has 0 radical (unpaired) electrons. The summed E-state index contributed by atoms with van der Waals surface area (Å²) in [6.45, 7) is 12.5. The van der Waals surface area contributed by atoms with E-state index in [0.29, 0.717) is 18.5 Å². The van der Waals surface area contributed by atoms with Crippen molar-refractivity contribution in [3.8, 4) is 0 Å². The summed E-state index contributed by atoms with van der Waals surface area (Å²) in [7, 11) is 1.75. The van der Waals surface area contributed by atoms with Crippen molar-refractivity contribution in [1.29, 1.82) is 0 Å². The highest BCUT2D eigenvalue weighted by molar-refractivity contribution is 5.79. The maximum atomic E-state index is 5.66. The second kappa shape index (κ2) is 12.0. The third-order valence-corrected chi connectivity index (χ3v) is 4.98. The summed E-state index contributed by atoms with van der Waals surface area (Å²) in [6.07, 6.45) is -0.00445. The number of nitrogens with one attached hydrogen (secondary N) is 2. The van der Waals surface area contributed by atoms with Crippen LogP contribution in [0.1, 0.15) is 32.4 Å². The third kappa shape index (κ3) is 7.13. The van der Waals surface area contributed by atoms with E-state index in [1.165, 1.54) is 0 Å². The lowest BCUT2D eigenvalue weighted by Crippen LogP contribution is -2.48. The Bertz CT molecular complexity index is 544. The molecule has 0 bridgehead atoms. The summed E-state index contributed by atoms with van der Waals surface area (Å²) in [4.78, 5) is 7.37. The van der Waals surface area contributed by atoms with Gasteiger partial charge in [0.1, 0.15) is 0 Å². The highest BCUT2D eigenvalue weighted by Crippen LogP contribution is 2.15. The summed E-state index contributed by atoms with van der Waals surface area (Å²) in [5, 5.41) is 6.79. The number of benzene rings is 1. The minimum Gasteiger partial charge on any atom is -0.379 e. The van der Waals surface area contributed by atoms with E-state index >= 15 is 0 Å². The van der Waals surface area contributed by atoms with E-state index in [4.69, 9.17) is 14.5 Å². The molecule has 6 nitrogen and oxygen atoms in total. The molecule has 0 aromatic heterocycles. The van der Waals surface area contributed by atoms with Gasteiger partial charge in [0.05, 0.1) is 25.9 Å². The van der Waals surface area contributed by atoms with Gasteiger partial charge >= 0.3 is 0 Å². The van der Waals surface area contributed by atoms with Crippen LogP contribution >= 0.6 is 0 Å². The molecular weight excluding hydrogens is 340 g/mol. The van der Waals surface area contributed by atoms with Gasteiger partial charge in [-0.3, -0.25) is 9.89 Å². The molecule has 1 aliphatic heterocycles. The number of hydrogen-bond donors (Lipinski definition) is 2. The summed E-state index contributed by atoms with van der Waals surface area (Å²) < 4.78 is 11.2. The lowest BCUT2D eigenvalue weighted by molar-refractivity contribution is 0.00866. The SMILES string of the molecule is CCNC(=NCC(C(C)C)N1CCOCC1)NCC(OC)c1ccccc1. The van der Waals surface area contributed by atoms with E-state index in [-0.39, 0.29) is 6.10 Å². The zero-order chi connectivity index (χ0) is 19.5. The molecule has 6 heteroatoms. The molecule has 0 spiro atoms. The molecule has 1 saturated heterocycles. The summed E-state index contributed by atoms with van der Waals surface area (Å²) >= 11 is 0. The zero-order valence-corrected chi connectivity index (χ0v) is 17.3. The molecule has 1 fully saturated rings. The Balaban J connectivity index is 1.97. The van der Waals surface area contributed by atoms with Gasteiger partial charge in [0, 0.05) is 39.3 Å². The first-order valence-electron chi connectivity index (χ1n) is 10.1. The smallest absolute Gasteiger partial charge is 0.191 e. The molecule has 2 atom stereocenters. The molecule has 1 aromatic rings. The Labute approximate surface area is 164 Å². The van der Waals surface area contributed by atoms with Gasteiger partial charge in [-0.15, -0.1) is 0 Å². The fourth-order valence-corrected chi connectivity index (χ4v) is 3.38. The molecule has 2 unspecified atom stereocenters. The Kier molecular flexibility index (Phi) is 9.59. The number of rotatable bonds is 9. The maximum Gasteiger partial charge on any atom is 0.191 e. The van der Waals surface area contributed by atoms with Gasteiger partial charge in [-0.25, -0.2) is 0 Å². The Morgan fingerprint density at radius 3 is 2.48 bits per heavy atom. The third-order valence-electron chi connectivity index (χ3n) is 4.98. The average molecular weight is 377 g/mol. The van der Waals surface area contributed by atoms with Gasteiger partial charge in [0.15, 0.2) is 5.96 Å². The summed E-state index contributed by atoms with van der Waals surface area (Å²) in [6, 6.07) is 10.7. The minimum absolute atomic E-state index is 0.00445. The minimum atomic E-state index is -0.00445. The van der Waals surface area contributed by atoms with Gasteiger partial charge in [-0.2, -0.15) is 0 Å². The molecule has 2 rings (SSSR count). The van der Waals surface area contributed by atoms with E-state index in [9.17, 15) is 0 Å². The number of nitrogens with zero attached hydrogens (tertiary/aromatic N) is 2. The van der Waals surface area contributed by atoms with Crippen LogP contribution < -0.4 is 10.6 Å². The van der Waals surface area contributed by atoms with Crippen LogP contribution in [0.25, 0.3) is 0 Å². The lowest BCUT2D eigenvalue weighted by atomic mass is 10.0. The van der Waals surface area contributed by atoms with Gasteiger partial charge < -0.3 is 20.1 Å². The monoisotopic (exact) mass is 376 g/mol. The van der Waals surface area contributed by atoms with E-state index in [0.717, 1.165) is 50.9 Å². The van der Waals surface area contributed by atoms with Gasteiger partial charge in [-0.1, -0.05) is 44.2 Å². The van der Waals surface area contributed by atoms with Crippen LogP contribution in [-0.2, 0) is 9.47 Å². The fourth-order valence-electron chi connectivity index (χ4n) is 3.38. The van der Waals surface area contributed by atoms with E-state index < -0.39 is 0 Å². The molecule has 1 aliphatic rings. The number of hydrogen-bond acceptors (Lipinski definition) is 4.